The van der Waals surface area contributed by atoms with Gasteiger partial charge in [-0.1, -0.05) is 0 Å². The molecule has 2 fully saturated rings. The predicted molar refractivity (Wildman–Crippen MR) is 111 cm³/mol. The second-order valence-electron chi connectivity index (χ2n) is 8.98. The maximum absolute atomic E-state index is 13.3. The lowest BCUT2D eigenvalue weighted by Gasteiger charge is -2.45. The fourth-order valence-corrected chi connectivity index (χ4v) is 5.20. The molecule has 12 heteroatoms. The number of hydrogen-bond acceptors (Lipinski definition) is 5. The number of aromatic nitrogens is 4. The van der Waals surface area contributed by atoms with Gasteiger partial charge in [0.05, 0.1) is 29.7 Å². The Morgan fingerprint density at radius 3 is 2.71 bits per heavy atom. The number of alkyl halides is 5. The van der Waals surface area contributed by atoms with Crippen molar-refractivity contribution < 1.29 is 22.0 Å². The van der Waals surface area contributed by atoms with Crippen LogP contribution >= 0.6 is 0 Å². The predicted octanol–water partition coefficient (Wildman–Crippen LogP) is 3.98. The van der Waals surface area contributed by atoms with Crippen LogP contribution in [0.15, 0.2) is 35.5 Å². The van der Waals surface area contributed by atoms with E-state index in [1.54, 1.807) is 6.07 Å². The quantitative estimate of drug-likeness (QED) is 0.530. The van der Waals surface area contributed by atoms with Crippen molar-refractivity contribution in [2.75, 3.05) is 18.0 Å². The summed E-state index contributed by atoms with van der Waals surface area (Å²) in [6.45, 7) is 0.391. The fraction of sp³-hybridized carbons (Fsp3) is 0.455. The van der Waals surface area contributed by atoms with Crippen LogP contribution in [0.4, 0.5) is 27.6 Å². The van der Waals surface area contributed by atoms with Crippen molar-refractivity contribution in [2.45, 2.75) is 44.5 Å². The highest BCUT2D eigenvalue weighted by Crippen LogP contribution is 2.54. The molecule has 0 bridgehead atoms. The highest BCUT2D eigenvalue weighted by Gasteiger charge is 2.49. The summed E-state index contributed by atoms with van der Waals surface area (Å²) < 4.78 is 68.1. The molecule has 3 heterocycles. The second kappa shape index (κ2) is 7.78. The maximum atomic E-state index is 13.3. The Bertz CT molecular complexity index is 1350. The van der Waals surface area contributed by atoms with E-state index in [4.69, 9.17) is 5.26 Å². The van der Waals surface area contributed by atoms with E-state index < -0.39 is 35.8 Å². The smallest absolute Gasteiger partial charge is 0.371 e. The molecular formula is C22H19F5N6O. The molecule has 1 saturated heterocycles. The molecule has 5 rings (SSSR count). The monoisotopic (exact) mass is 478 g/mol. The van der Waals surface area contributed by atoms with Gasteiger partial charge in [0.25, 0.3) is 12.0 Å². The van der Waals surface area contributed by atoms with Gasteiger partial charge in [-0.05, 0) is 42.9 Å². The topological polar surface area (TPSA) is 79.7 Å². The number of hydrogen-bond donors (Lipinski definition) is 0. The molecule has 1 saturated carbocycles. The van der Waals surface area contributed by atoms with Crippen molar-refractivity contribution in [3.63, 3.8) is 0 Å². The van der Waals surface area contributed by atoms with Crippen LogP contribution in [0, 0.1) is 16.7 Å². The molecule has 0 unspecified atom stereocenters. The van der Waals surface area contributed by atoms with Crippen molar-refractivity contribution in [3.05, 3.63) is 52.2 Å². The van der Waals surface area contributed by atoms with E-state index in [2.05, 4.69) is 10.1 Å². The molecule has 2 aliphatic rings. The third-order valence-corrected chi connectivity index (χ3v) is 6.85. The summed E-state index contributed by atoms with van der Waals surface area (Å²) in [5.41, 5.74) is -1.26. The zero-order chi connectivity index (χ0) is 24.3. The van der Waals surface area contributed by atoms with Gasteiger partial charge in [0.2, 0.25) is 0 Å². The molecule has 1 aromatic carbocycles. The molecule has 1 spiro atoms. The molecule has 7 nitrogen and oxygen atoms in total. The largest absolute Gasteiger partial charge is 0.417 e. The number of fused-ring (bicyclic) bond motifs is 1. The average molecular weight is 478 g/mol. The van der Waals surface area contributed by atoms with Crippen molar-refractivity contribution in [2.24, 2.45) is 5.41 Å². The summed E-state index contributed by atoms with van der Waals surface area (Å²) in [5, 5.41) is 12.8. The third kappa shape index (κ3) is 3.69. The normalized spacial score (nSPS) is 22.5. The lowest BCUT2D eigenvalue weighted by atomic mass is 9.65. The molecule has 2 aromatic heterocycles. The minimum Gasteiger partial charge on any atom is -0.371 e. The molecule has 3 aromatic rings. The van der Waals surface area contributed by atoms with Crippen molar-refractivity contribution in [1.82, 2.24) is 19.3 Å². The number of nitrogens with zero attached hydrogens (tertiary/aromatic N) is 6. The third-order valence-electron chi connectivity index (χ3n) is 6.85. The first-order valence-corrected chi connectivity index (χ1v) is 10.7. The Morgan fingerprint density at radius 1 is 1.26 bits per heavy atom. The molecular weight excluding hydrogens is 459 g/mol. The number of nitriles is 1. The minimum absolute atomic E-state index is 0.0362. The number of halogens is 5. The Hall–Kier alpha value is -3.49. The molecule has 0 amide bonds. The van der Waals surface area contributed by atoms with Crippen molar-refractivity contribution in [1.29, 1.82) is 5.26 Å². The van der Waals surface area contributed by atoms with Gasteiger partial charge in [-0.2, -0.15) is 23.5 Å². The molecule has 34 heavy (non-hydrogen) atoms. The minimum atomic E-state index is -4.62. The first kappa shape index (κ1) is 22.3. The van der Waals surface area contributed by atoms with E-state index in [-0.39, 0.29) is 22.5 Å². The van der Waals surface area contributed by atoms with E-state index in [9.17, 15) is 26.7 Å². The Labute approximate surface area is 190 Å². The van der Waals surface area contributed by atoms with Gasteiger partial charge in [0, 0.05) is 24.8 Å². The summed E-state index contributed by atoms with van der Waals surface area (Å²) in [4.78, 5) is 19.0. The van der Waals surface area contributed by atoms with Gasteiger partial charge in [-0.3, -0.25) is 14.0 Å². The zero-order valence-corrected chi connectivity index (χ0v) is 17.8. The van der Waals surface area contributed by atoms with Crippen LogP contribution in [0.1, 0.15) is 36.4 Å². The molecule has 178 valence electrons. The summed E-state index contributed by atoms with van der Waals surface area (Å²) in [7, 11) is 0. The van der Waals surface area contributed by atoms with Crippen LogP contribution in [0.3, 0.4) is 0 Å². The average Bonchev–Trinajstić information content (AvgIpc) is 3.37. The lowest BCUT2D eigenvalue weighted by molar-refractivity contribution is -0.137. The van der Waals surface area contributed by atoms with Gasteiger partial charge < -0.3 is 4.90 Å². The van der Waals surface area contributed by atoms with E-state index in [0.717, 1.165) is 17.2 Å². The second-order valence-corrected chi connectivity index (χ2v) is 8.98. The highest BCUT2D eigenvalue weighted by atomic mass is 19.4. The molecule has 1 aliphatic heterocycles. The maximum Gasteiger partial charge on any atom is 0.417 e. The summed E-state index contributed by atoms with van der Waals surface area (Å²) in [6, 6.07) is 5.14. The number of benzene rings is 1. The van der Waals surface area contributed by atoms with Gasteiger partial charge in [0.15, 0.2) is 5.52 Å². The number of anilines is 1. The molecule has 0 radical (unpaired) electrons. The lowest BCUT2D eigenvalue weighted by Crippen LogP contribution is -2.44. The van der Waals surface area contributed by atoms with E-state index in [1.165, 1.54) is 29.2 Å². The first-order chi connectivity index (χ1) is 16.1. The van der Waals surface area contributed by atoms with Crippen LogP contribution in [0.2, 0.25) is 0 Å². The van der Waals surface area contributed by atoms with E-state index in [0.29, 0.717) is 31.6 Å². The van der Waals surface area contributed by atoms with Gasteiger partial charge in [0.1, 0.15) is 12.1 Å². The van der Waals surface area contributed by atoms with Crippen LogP contribution < -0.4 is 10.5 Å². The standard InChI is InChI=1S/C22H19F5N6O/c23-18(24)10-33-19-17(9-30-33)29-12-32(20(19)34)15-6-21(7-15)3-4-31(11-21)14-2-1-13(8-28)16(5-14)22(25,26)27/h1-2,5,9,12,15,18H,3-4,6-7,10-11H2. The van der Waals surface area contributed by atoms with Crippen LogP contribution in [0.5, 0.6) is 0 Å². The molecule has 0 atom stereocenters. The van der Waals surface area contributed by atoms with Crippen LogP contribution in [-0.2, 0) is 12.7 Å². The van der Waals surface area contributed by atoms with E-state index >= 15 is 0 Å². The SMILES string of the molecule is N#Cc1ccc(N2CCC3(CC(n4cnc5cnn(CC(F)F)c5c4=O)C3)C2)cc1C(F)(F)F. The van der Waals surface area contributed by atoms with Gasteiger partial charge >= 0.3 is 6.18 Å². The zero-order valence-electron chi connectivity index (χ0n) is 17.8. The van der Waals surface area contributed by atoms with Crippen molar-refractivity contribution >= 4 is 16.7 Å². The summed E-state index contributed by atoms with van der Waals surface area (Å²) in [6.07, 6.45) is -2.59. The highest BCUT2D eigenvalue weighted by molar-refractivity contribution is 5.72. The van der Waals surface area contributed by atoms with Gasteiger partial charge in [-0.15, -0.1) is 0 Å². The summed E-state index contributed by atoms with van der Waals surface area (Å²) >= 11 is 0. The Morgan fingerprint density at radius 2 is 2.03 bits per heavy atom. The fourth-order valence-electron chi connectivity index (χ4n) is 5.20. The van der Waals surface area contributed by atoms with Crippen LogP contribution in [0.25, 0.3) is 11.0 Å². The van der Waals surface area contributed by atoms with Crippen molar-refractivity contribution in [3.8, 4) is 6.07 Å². The van der Waals surface area contributed by atoms with E-state index in [1.807, 2.05) is 4.90 Å². The van der Waals surface area contributed by atoms with Crippen LogP contribution in [-0.4, -0.2) is 38.8 Å². The molecule has 0 N–H and O–H groups in total. The Balaban J connectivity index is 1.34. The summed E-state index contributed by atoms with van der Waals surface area (Å²) in [5.74, 6) is 0. The molecule has 1 aliphatic carbocycles. The van der Waals surface area contributed by atoms with Gasteiger partial charge in [-0.25, -0.2) is 13.8 Å². The number of rotatable bonds is 4. The Kier molecular flexibility index (Phi) is 5.11. The first-order valence-electron chi connectivity index (χ1n) is 10.7.